The Hall–Kier alpha value is -2.14. The second-order valence-corrected chi connectivity index (χ2v) is 5.02. The Morgan fingerprint density at radius 3 is 3.00 bits per heavy atom. The largest absolute Gasteiger partial charge is 0.439 e. The Labute approximate surface area is 117 Å². The number of aromatic amines is 1. The first-order chi connectivity index (χ1) is 9.74. The lowest BCUT2D eigenvalue weighted by Crippen LogP contribution is -2.10. The average Bonchev–Trinajstić information content (AvgIpc) is 3.23. The van der Waals surface area contributed by atoms with E-state index in [0.29, 0.717) is 17.5 Å². The SMILES string of the molecule is CNCc1cccc(Oc2cc(=O)[nH]c(C3CC3)n2)c1. The van der Waals surface area contributed by atoms with E-state index in [4.69, 9.17) is 4.74 Å². The van der Waals surface area contributed by atoms with Crippen LogP contribution in [0.1, 0.15) is 30.1 Å². The van der Waals surface area contributed by atoms with Crippen molar-refractivity contribution in [3.8, 4) is 11.6 Å². The van der Waals surface area contributed by atoms with Crippen LogP contribution in [0.25, 0.3) is 0 Å². The molecule has 0 radical (unpaired) electrons. The molecule has 0 spiro atoms. The Kier molecular flexibility index (Phi) is 3.52. The van der Waals surface area contributed by atoms with E-state index in [9.17, 15) is 4.79 Å². The fraction of sp³-hybridized carbons (Fsp3) is 0.333. The fourth-order valence-electron chi connectivity index (χ4n) is 2.10. The van der Waals surface area contributed by atoms with Gasteiger partial charge in [0.25, 0.3) is 5.56 Å². The molecule has 1 aliphatic carbocycles. The first kappa shape index (κ1) is 12.9. The van der Waals surface area contributed by atoms with Crippen LogP contribution in [0.2, 0.25) is 0 Å². The van der Waals surface area contributed by atoms with E-state index in [0.717, 1.165) is 30.8 Å². The van der Waals surface area contributed by atoms with Crippen molar-refractivity contribution >= 4 is 0 Å². The summed E-state index contributed by atoms with van der Waals surface area (Å²) >= 11 is 0. The molecule has 0 aliphatic heterocycles. The first-order valence-corrected chi connectivity index (χ1v) is 6.77. The van der Waals surface area contributed by atoms with Gasteiger partial charge in [-0.3, -0.25) is 4.79 Å². The van der Waals surface area contributed by atoms with E-state index in [-0.39, 0.29) is 5.56 Å². The molecular weight excluding hydrogens is 254 g/mol. The third-order valence-electron chi connectivity index (χ3n) is 3.20. The maximum atomic E-state index is 11.6. The topological polar surface area (TPSA) is 67.0 Å². The van der Waals surface area contributed by atoms with Crippen molar-refractivity contribution < 1.29 is 4.74 Å². The number of rotatable bonds is 5. The quantitative estimate of drug-likeness (QED) is 0.874. The van der Waals surface area contributed by atoms with E-state index >= 15 is 0 Å². The molecular formula is C15H17N3O2. The van der Waals surface area contributed by atoms with E-state index in [1.165, 1.54) is 6.07 Å². The van der Waals surface area contributed by atoms with Gasteiger partial charge in [-0.2, -0.15) is 4.98 Å². The predicted molar refractivity (Wildman–Crippen MR) is 76.1 cm³/mol. The molecule has 1 heterocycles. The molecule has 20 heavy (non-hydrogen) atoms. The highest BCUT2D eigenvalue weighted by molar-refractivity contribution is 5.31. The molecule has 2 N–H and O–H groups in total. The van der Waals surface area contributed by atoms with Gasteiger partial charge in [-0.1, -0.05) is 12.1 Å². The summed E-state index contributed by atoms with van der Waals surface area (Å²) in [6, 6.07) is 9.13. The van der Waals surface area contributed by atoms with Gasteiger partial charge in [0.2, 0.25) is 5.88 Å². The van der Waals surface area contributed by atoms with Crippen LogP contribution >= 0.6 is 0 Å². The highest BCUT2D eigenvalue weighted by atomic mass is 16.5. The molecule has 0 saturated heterocycles. The molecule has 104 valence electrons. The van der Waals surface area contributed by atoms with Crippen LogP contribution in [0.15, 0.2) is 35.1 Å². The summed E-state index contributed by atoms with van der Waals surface area (Å²) < 4.78 is 5.71. The van der Waals surface area contributed by atoms with Gasteiger partial charge < -0.3 is 15.0 Å². The van der Waals surface area contributed by atoms with Crippen molar-refractivity contribution in [2.24, 2.45) is 0 Å². The van der Waals surface area contributed by atoms with Crippen molar-refractivity contribution in [2.45, 2.75) is 25.3 Å². The van der Waals surface area contributed by atoms with E-state index in [1.807, 2.05) is 31.3 Å². The van der Waals surface area contributed by atoms with Crippen molar-refractivity contribution in [1.82, 2.24) is 15.3 Å². The highest BCUT2D eigenvalue weighted by Crippen LogP contribution is 2.38. The van der Waals surface area contributed by atoms with Gasteiger partial charge in [0, 0.05) is 12.5 Å². The van der Waals surface area contributed by atoms with Crippen molar-refractivity contribution in [2.75, 3.05) is 7.05 Å². The van der Waals surface area contributed by atoms with Gasteiger partial charge in [0.05, 0.1) is 6.07 Å². The fourth-order valence-corrected chi connectivity index (χ4v) is 2.10. The number of nitrogens with zero attached hydrogens (tertiary/aromatic N) is 1. The lowest BCUT2D eigenvalue weighted by atomic mass is 10.2. The number of hydrogen-bond donors (Lipinski definition) is 2. The molecule has 2 aromatic rings. The molecule has 5 nitrogen and oxygen atoms in total. The summed E-state index contributed by atoms with van der Waals surface area (Å²) in [5.41, 5.74) is 0.959. The summed E-state index contributed by atoms with van der Waals surface area (Å²) in [6.07, 6.45) is 2.17. The van der Waals surface area contributed by atoms with Gasteiger partial charge >= 0.3 is 0 Å². The monoisotopic (exact) mass is 271 g/mol. The minimum Gasteiger partial charge on any atom is -0.439 e. The summed E-state index contributed by atoms with van der Waals surface area (Å²) in [5.74, 6) is 2.18. The zero-order valence-electron chi connectivity index (χ0n) is 11.3. The third kappa shape index (κ3) is 3.05. The summed E-state index contributed by atoms with van der Waals surface area (Å²) in [5, 5.41) is 3.09. The number of ether oxygens (including phenoxy) is 1. The molecule has 1 fully saturated rings. The Morgan fingerprint density at radius 2 is 2.25 bits per heavy atom. The van der Waals surface area contributed by atoms with Crippen molar-refractivity contribution in [3.05, 3.63) is 52.1 Å². The average molecular weight is 271 g/mol. The van der Waals surface area contributed by atoms with Gasteiger partial charge in [-0.25, -0.2) is 0 Å². The lowest BCUT2D eigenvalue weighted by Gasteiger charge is -2.07. The summed E-state index contributed by atoms with van der Waals surface area (Å²) in [6.45, 7) is 0.771. The molecule has 3 rings (SSSR count). The highest BCUT2D eigenvalue weighted by Gasteiger charge is 2.26. The number of hydrogen-bond acceptors (Lipinski definition) is 4. The van der Waals surface area contributed by atoms with Gasteiger partial charge in [0.1, 0.15) is 11.6 Å². The van der Waals surface area contributed by atoms with Gasteiger partial charge in [-0.15, -0.1) is 0 Å². The molecule has 5 heteroatoms. The van der Waals surface area contributed by atoms with Crippen LogP contribution in [0, 0.1) is 0 Å². The number of H-pyrrole nitrogens is 1. The molecule has 1 aromatic heterocycles. The van der Waals surface area contributed by atoms with Crippen molar-refractivity contribution in [1.29, 1.82) is 0 Å². The normalized spacial score (nSPS) is 14.2. The summed E-state index contributed by atoms with van der Waals surface area (Å²) in [7, 11) is 1.90. The maximum absolute atomic E-state index is 11.6. The lowest BCUT2D eigenvalue weighted by molar-refractivity contribution is 0.456. The molecule has 0 amide bonds. The minimum atomic E-state index is -0.164. The number of benzene rings is 1. The molecule has 1 aromatic carbocycles. The zero-order valence-corrected chi connectivity index (χ0v) is 11.3. The van der Waals surface area contributed by atoms with E-state index < -0.39 is 0 Å². The predicted octanol–water partition coefficient (Wildman–Crippen LogP) is 2.16. The second-order valence-electron chi connectivity index (χ2n) is 5.02. The Morgan fingerprint density at radius 1 is 1.40 bits per heavy atom. The minimum absolute atomic E-state index is 0.164. The summed E-state index contributed by atoms with van der Waals surface area (Å²) in [4.78, 5) is 18.8. The number of aromatic nitrogens is 2. The van der Waals surface area contributed by atoms with E-state index in [2.05, 4.69) is 15.3 Å². The Bertz CT molecular complexity index is 662. The van der Waals surface area contributed by atoms with Crippen LogP contribution in [-0.2, 0) is 6.54 Å². The van der Waals surface area contributed by atoms with E-state index in [1.54, 1.807) is 0 Å². The molecule has 0 unspecified atom stereocenters. The van der Waals surface area contributed by atoms with Crippen molar-refractivity contribution in [3.63, 3.8) is 0 Å². The van der Waals surface area contributed by atoms with Crippen LogP contribution in [-0.4, -0.2) is 17.0 Å². The standard InChI is InChI=1S/C15H17N3O2/c1-16-9-10-3-2-4-12(7-10)20-14-8-13(19)17-15(18-14)11-5-6-11/h2-4,7-8,11,16H,5-6,9H2,1H3,(H,17,18,19). The molecule has 0 bridgehead atoms. The van der Waals surface area contributed by atoms with Gasteiger partial charge in [0.15, 0.2) is 0 Å². The molecule has 1 saturated carbocycles. The van der Waals surface area contributed by atoms with Crippen LogP contribution in [0.4, 0.5) is 0 Å². The number of nitrogens with one attached hydrogen (secondary N) is 2. The molecule has 0 atom stereocenters. The van der Waals surface area contributed by atoms with Crippen LogP contribution in [0.3, 0.4) is 0 Å². The maximum Gasteiger partial charge on any atom is 0.254 e. The second kappa shape index (κ2) is 5.46. The third-order valence-corrected chi connectivity index (χ3v) is 3.20. The first-order valence-electron chi connectivity index (χ1n) is 6.77. The smallest absolute Gasteiger partial charge is 0.254 e. The van der Waals surface area contributed by atoms with Crippen LogP contribution in [0.5, 0.6) is 11.6 Å². The molecule has 1 aliphatic rings. The van der Waals surface area contributed by atoms with Crippen LogP contribution < -0.4 is 15.6 Å². The van der Waals surface area contributed by atoms with Gasteiger partial charge in [-0.05, 0) is 37.6 Å². The zero-order chi connectivity index (χ0) is 13.9. The Balaban J connectivity index is 1.83.